The molecule has 1 saturated carbocycles. The maximum absolute atomic E-state index is 12.7. The van der Waals surface area contributed by atoms with Crippen LogP contribution < -0.4 is 5.32 Å². The van der Waals surface area contributed by atoms with Gasteiger partial charge in [-0.25, -0.2) is 0 Å². The summed E-state index contributed by atoms with van der Waals surface area (Å²) in [6.07, 6.45) is 7.83. The van der Waals surface area contributed by atoms with E-state index >= 15 is 0 Å². The molecule has 2 aliphatic heterocycles. The van der Waals surface area contributed by atoms with E-state index in [1.54, 1.807) is 0 Å². The van der Waals surface area contributed by atoms with Gasteiger partial charge < -0.3 is 15.1 Å². The predicted octanol–water partition coefficient (Wildman–Crippen LogP) is 3.02. The Kier molecular flexibility index (Phi) is 9.51. The van der Waals surface area contributed by atoms with Crippen molar-refractivity contribution in [3.05, 3.63) is 0 Å². The maximum Gasteiger partial charge on any atom is 0.239 e. The van der Waals surface area contributed by atoms with E-state index in [0.717, 1.165) is 70.5 Å². The Morgan fingerprint density at radius 2 is 1.59 bits per heavy atom. The third-order valence-corrected chi connectivity index (χ3v) is 7.31. The van der Waals surface area contributed by atoms with Gasteiger partial charge in [0.2, 0.25) is 5.91 Å². The Morgan fingerprint density at radius 3 is 2.14 bits per heavy atom. The number of piperazine rings is 1. The molecule has 3 aliphatic rings. The van der Waals surface area contributed by atoms with E-state index in [9.17, 15) is 4.79 Å². The van der Waals surface area contributed by atoms with E-state index in [0.29, 0.717) is 11.3 Å². The van der Waals surface area contributed by atoms with Crippen molar-refractivity contribution in [2.45, 2.75) is 65.3 Å². The van der Waals surface area contributed by atoms with Crippen LogP contribution in [0, 0.1) is 11.3 Å². The lowest BCUT2D eigenvalue weighted by atomic mass is 9.78. The Balaban J connectivity index is 0.00000300. The molecule has 1 N–H and O–H groups in total. The highest BCUT2D eigenvalue weighted by molar-refractivity contribution is 14.0. The van der Waals surface area contributed by atoms with Crippen LogP contribution in [-0.4, -0.2) is 85.5 Å². The number of carbonyl (C=O) groups excluding carboxylic acids is 1. The number of hydrogen-bond acceptors (Lipinski definition) is 3. The van der Waals surface area contributed by atoms with Crippen LogP contribution in [0.3, 0.4) is 0 Å². The summed E-state index contributed by atoms with van der Waals surface area (Å²) in [7, 11) is 1.89. The van der Waals surface area contributed by atoms with Gasteiger partial charge in [-0.3, -0.25) is 14.7 Å². The quantitative estimate of drug-likeness (QED) is 0.345. The fourth-order valence-electron chi connectivity index (χ4n) is 5.17. The number of carbonyl (C=O) groups is 1. The number of nitrogens with one attached hydrogen (secondary N) is 1. The first-order valence-electron chi connectivity index (χ1n) is 11.4. The normalized spacial score (nSPS) is 23.2. The van der Waals surface area contributed by atoms with Gasteiger partial charge in [0.25, 0.3) is 0 Å². The van der Waals surface area contributed by atoms with Gasteiger partial charge in [0.15, 0.2) is 5.96 Å². The lowest BCUT2D eigenvalue weighted by Crippen LogP contribution is -2.57. The zero-order valence-electron chi connectivity index (χ0n) is 19.0. The Morgan fingerprint density at radius 1 is 1.00 bits per heavy atom. The van der Waals surface area contributed by atoms with Gasteiger partial charge in [0, 0.05) is 52.9 Å². The fraction of sp³-hybridized carbons (Fsp3) is 0.909. The topological polar surface area (TPSA) is 51.2 Å². The summed E-state index contributed by atoms with van der Waals surface area (Å²) in [5.41, 5.74) is 0.310. The summed E-state index contributed by atoms with van der Waals surface area (Å²) >= 11 is 0. The van der Waals surface area contributed by atoms with Gasteiger partial charge in [0.1, 0.15) is 0 Å². The monoisotopic (exact) mass is 519 g/mol. The van der Waals surface area contributed by atoms with Gasteiger partial charge >= 0.3 is 0 Å². The summed E-state index contributed by atoms with van der Waals surface area (Å²) < 4.78 is 0. The number of amides is 1. The zero-order chi connectivity index (χ0) is 20.1. The molecule has 29 heavy (non-hydrogen) atoms. The van der Waals surface area contributed by atoms with Crippen molar-refractivity contribution < 1.29 is 4.79 Å². The van der Waals surface area contributed by atoms with Crippen molar-refractivity contribution >= 4 is 35.8 Å². The minimum absolute atomic E-state index is 0. The van der Waals surface area contributed by atoms with Crippen molar-refractivity contribution in [1.29, 1.82) is 0 Å². The Bertz CT molecular complexity index is 547. The lowest BCUT2D eigenvalue weighted by molar-refractivity contribution is -0.135. The molecule has 6 nitrogen and oxygen atoms in total. The summed E-state index contributed by atoms with van der Waals surface area (Å²) in [6, 6.07) is -0.00322. The van der Waals surface area contributed by atoms with Crippen LogP contribution in [-0.2, 0) is 4.79 Å². The summed E-state index contributed by atoms with van der Waals surface area (Å²) in [5, 5.41) is 3.65. The predicted molar refractivity (Wildman–Crippen MR) is 131 cm³/mol. The molecule has 0 aromatic carbocycles. The van der Waals surface area contributed by atoms with E-state index in [2.05, 4.69) is 40.9 Å². The maximum atomic E-state index is 12.7. The third kappa shape index (κ3) is 6.21. The van der Waals surface area contributed by atoms with E-state index in [-0.39, 0.29) is 30.0 Å². The molecule has 0 radical (unpaired) electrons. The second-order valence-corrected chi connectivity index (χ2v) is 9.60. The van der Waals surface area contributed by atoms with Crippen LogP contribution in [0.15, 0.2) is 4.99 Å². The molecular weight excluding hydrogens is 477 g/mol. The molecule has 3 fully saturated rings. The Hall–Kier alpha value is -0.570. The highest BCUT2D eigenvalue weighted by Crippen LogP contribution is 2.39. The molecule has 2 saturated heterocycles. The van der Waals surface area contributed by atoms with E-state index in [1.807, 2.05) is 11.9 Å². The summed E-state index contributed by atoms with van der Waals surface area (Å²) in [5.74, 6) is 2.16. The van der Waals surface area contributed by atoms with Crippen LogP contribution in [0.1, 0.15) is 59.3 Å². The average Bonchev–Trinajstić information content (AvgIpc) is 3.42. The number of halogens is 1. The number of hydrogen-bond donors (Lipinski definition) is 1. The minimum atomic E-state index is -0.00322. The molecule has 1 unspecified atom stereocenters. The second-order valence-electron chi connectivity index (χ2n) is 9.60. The molecule has 1 aliphatic carbocycles. The highest BCUT2D eigenvalue weighted by Gasteiger charge is 2.33. The first-order valence-corrected chi connectivity index (χ1v) is 11.4. The van der Waals surface area contributed by atoms with E-state index in [1.165, 1.54) is 25.7 Å². The molecule has 0 aromatic rings. The number of likely N-dealkylation sites (tertiary alicyclic amines) is 1. The first-order chi connectivity index (χ1) is 13.4. The van der Waals surface area contributed by atoms with Crippen molar-refractivity contribution in [3.8, 4) is 0 Å². The number of rotatable bonds is 5. The minimum Gasteiger partial charge on any atom is -0.356 e. The van der Waals surface area contributed by atoms with Crippen LogP contribution in [0.25, 0.3) is 0 Å². The second kappa shape index (κ2) is 11.2. The fourth-order valence-corrected chi connectivity index (χ4v) is 5.17. The molecule has 168 valence electrons. The van der Waals surface area contributed by atoms with Crippen LogP contribution in [0.2, 0.25) is 0 Å². The van der Waals surface area contributed by atoms with Crippen molar-refractivity contribution in [2.24, 2.45) is 16.3 Å². The van der Waals surface area contributed by atoms with Gasteiger partial charge in [-0.15, -0.1) is 24.0 Å². The first kappa shape index (κ1) is 24.7. The molecule has 1 amide bonds. The molecule has 3 rings (SSSR count). The number of nitrogens with zero attached hydrogens (tertiary/aromatic N) is 4. The van der Waals surface area contributed by atoms with Crippen molar-refractivity contribution in [1.82, 2.24) is 20.0 Å². The molecule has 7 heteroatoms. The van der Waals surface area contributed by atoms with Crippen LogP contribution >= 0.6 is 24.0 Å². The molecule has 0 bridgehead atoms. The van der Waals surface area contributed by atoms with Gasteiger partial charge in [-0.05, 0) is 43.9 Å². The standard InChI is InChI=1S/C22H41N5O.HI/c1-18(20(28)26-11-7-8-12-26)25-13-15-27(16-14-25)21(23-4)24-17-22(2,3)19-9-5-6-10-19;/h18-19H,5-17H2,1-4H3,(H,23,24);1H. The smallest absolute Gasteiger partial charge is 0.239 e. The number of guanidine groups is 1. The van der Waals surface area contributed by atoms with Crippen LogP contribution in [0.5, 0.6) is 0 Å². The lowest BCUT2D eigenvalue weighted by Gasteiger charge is -2.40. The molecular formula is C22H42IN5O. The van der Waals surface area contributed by atoms with Gasteiger partial charge in [-0.2, -0.15) is 0 Å². The van der Waals surface area contributed by atoms with Gasteiger partial charge in [0.05, 0.1) is 6.04 Å². The molecule has 0 aromatic heterocycles. The van der Waals surface area contributed by atoms with E-state index in [4.69, 9.17) is 0 Å². The summed E-state index contributed by atoms with van der Waals surface area (Å²) in [6.45, 7) is 13.4. The molecule has 0 spiro atoms. The van der Waals surface area contributed by atoms with Gasteiger partial charge in [-0.1, -0.05) is 26.7 Å². The van der Waals surface area contributed by atoms with Crippen molar-refractivity contribution in [3.63, 3.8) is 0 Å². The summed E-state index contributed by atoms with van der Waals surface area (Å²) in [4.78, 5) is 24.0. The van der Waals surface area contributed by atoms with Crippen molar-refractivity contribution in [2.75, 3.05) is 52.9 Å². The largest absolute Gasteiger partial charge is 0.356 e. The zero-order valence-corrected chi connectivity index (χ0v) is 21.3. The molecule has 1 atom stereocenters. The van der Waals surface area contributed by atoms with Crippen LogP contribution in [0.4, 0.5) is 0 Å². The number of aliphatic imine (C=N–C) groups is 1. The molecule has 2 heterocycles. The highest BCUT2D eigenvalue weighted by atomic mass is 127. The third-order valence-electron chi connectivity index (χ3n) is 7.31. The van der Waals surface area contributed by atoms with E-state index < -0.39 is 0 Å². The Labute approximate surface area is 194 Å². The average molecular weight is 520 g/mol. The SMILES string of the molecule is CN=C(NCC(C)(C)C1CCCC1)N1CCN(C(C)C(=O)N2CCCC2)CC1.I.